The van der Waals surface area contributed by atoms with Crippen LogP contribution < -0.4 is 0 Å². The third-order valence-electron chi connectivity index (χ3n) is 1.58. The van der Waals surface area contributed by atoms with Gasteiger partial charge >= 0.3 is 0 Å². The fraction of sp³-hybridized carbons (Fsp3) is 0.333. The number of rotatable bonds is 3. The van der Waals surface area contributed by atoms with Crippen molar-refractivity contribution in [2.24, 2.45) is 0 Å². The summed E-state index contributed by atoms with van der Waals surface area (Å²) in [4.78, 5) is 0. The first kappa shape index (κ1) is 10.1. The smallest absolute Gasteiger partial charge is 0.0880 e. The van der Waals surface area contributed by atoms with Gasteiger partial charge < -0.3 is 5.11 Å². The van der Waals surface area contributed by atoms with Crippen molar-refractivity contribution < 1.29 is 5.11 Å². The summed E-state index contributed by atoms with van der Waals surface area (Å²) in [5.74, 6) is 0.752. The molecule has 0 heterocycles. The number of hydrogen-bond acceptors (Lipinski definition) is 2. The molecule has 1 rings (SSSR count). The van der Waals surface area contributed by atoms with Crippen LogP contribution in [0.1, 0.15) is 11.7 Å². The van der Waals surface area contributed by atoms with E-state index in [0.717, 1.165) is 15.8 Å². The molecule has 0 aromatic heterocycles. The van der Waals surface area contributed by atoms with Gasteiger partial charge in [-0.1, -0.05) is 28.1 Å². The first-order valence-electron chi connectivity index (χ1n) is 3.66. The fourth-order valence-corrected chi connectivity index (χ4v) is 1.71. The zero-order chi connectivity index (χ0) is 8.97. The minimum absolute atomic E-state index is 0.340. The Balaban J connectivity index is 2.68. The molecule has 12 heavy (non-hydrogen) atoms. The van der Waals surface area contributed by atoms with Crippen LogP contribution in [0.4, 0.5) is 0 Å². The van der Waals surface area contributed by atoms with Crippen LogP contribution in [-0.4, -0.2) is 17.1 Å². The fourth-order valence-electron chi connectivity index (χ4n) is 0.939. The predicted octanol–water partition coefficient (Wildman–Crippen LogP) is 2.85. The van der Waals surface area contributed by atoms with E-state index in [1.165, 1.54) is 0 Å². The molecule has 66 valence electrons. The minimum atomic E-state index is -0.340. The van der Waals surface area contributed by atoms with Crippen LogP contribution in [0.5, 0.6) is 0 Å². The van der Waals surface area contributed by atoms with Crippen molar-refractivity contribution in [3.63, 3.8) is 0 Å². The highest BCUT2D eigenvalue weighted by Crippen LogP contribution is 2.19. The molecular formula is C9H11BrOS. The van der Waals surface area contributed by atoms with Crippen molar-refractivity contribution in [1.29, 1.82) is 0 Å². The van der Waals surface area contributed by atoms with E-state index in [2.05, 4.69) is 15.9 Å². The molecule has 0 saturated carbocycles. The molecule has 0 fully saturated rings. The van der Waals surface area contributed by atoms with Crippen molar-refractivity contribution in [3.05, 3.63) is 34.3 Å². The lowest BCUT2D eigenvalue weighted by Crippen LogP contribution is -1.99. The zero-order valence-corrected chi connectivity index (χ0v) is 9.23. The number of benzene rings is 1. The van der Waals surface area contributed by atoms with Crippen LogP contribution in [0.3, 0.4) is 0 Å². The summed E-state index contributed by atoms with van der Waals surface area (Å²) in [5.41, 5.74) is 0.979. The van der Waals surface area contributed by atoms with Crippen LogP contribution in [0.2, 0.25) is 0 Å². The first-order chi connectivity index (χ1) is 5.74. The van der Waals surface area contributed by atoms with Gasteiger partial charge in [0.1, 0.15) is 0 Å². The highest BCUT2D eigenvalue weighted by molar-refractivity contribution is 9.10. The van der Waals surface area contributed by atoms with Gasteiger partial charge in [0, 0.05) is 10.2 Å². The van der Waals surface area contributed by atoms with Crippen LogP contribution in [-0.2, 0) is 0 Å². The molecule has 0 spiro atoms. The largest absolute Gasteiger partial charge is 0.388 e. The minimum Gasteiger partial charge on any atom is -0.388 e. The molecule has 3 heteroatoms. The van der Waals surface area contributed by atoms with Gasteiger partial charge in [0.25, 0.3) is 0 Å². The molecular weight excluding hydrogens is 236 g/mol. The Kier molecular flexibility index (Phi) is 4.12. The maximum atomic E-state index is 9.58. The Bertz CT molecular complexity index is 235. The van der Waals surface area contributed by atoms with Gasteiger partial charge in [-0.3, -0.25) is 0 Å². The highest BCUT2D eigenvalue weighted by Gasteiger charge is 2.04. The summed E-state index contributed by atoms with van der Waals surface area (Å²) in [6.07, 6.45) is 1.65. The Morgan fingerprint density at radius 2 is 2.00 bits per heavy atom. The summed E-state index contributed by atoms with van der Waals surface area (Å²) in [6, 6.07) is 7.76. The van der Waals surface area contributed by atoms with Crippen LogP contribution in [0, 0.1) is 0 Å². The van der Waals surface area contributed by atoms with Crippen molar-refractivity contribution in [2.45, 2.75) is 6.10 Å². The second-order valence-corrected chi connectivity index (χ2v) is 4.35. The summed E-state index contributed by atoms with van der Waals surface area (Å²) in [5, 5.41) is 9.58. The van der Waals surface area contributed by atoms with E-state index in [9.17, 15) is 5.11 Å². The summed E-state index contributed by atoms with van der Waals surface area (Å²) < 4.78 is 1.04. The lowest BCUT2D eigenvalue weighted by molar-refractivity contribution is 0.204. The third kappa shape index (κ3) is 2.81. The van der Waals surface area contributed by atoms with E-state index >= 15 is 0 Å². The van der Waals surface area contributed by atoms with Crippen LogP contribution >= 0.6 is 27.7 Å². The van der Waals surface area contributed by atoms with Gasteiger partial charge in [-0.15, -0.1) is 0 Å². The molecule has 0 aliphatic carbocycles. The predicted molar refractivity (Wildman–Crippen MR) is 57.5 cm³/mol. The van der Waals surface area contributed by atoms with E-state index in [1.54, 1.807) is 11.8 Å². The highest BCUT2D eigenvalue weighted by atomic mass is 79.9. The van der Waals surface area contributed by atoms with Crippen molar-refractivity contribution in [1.82, 2.24) is 0 Å². The Morgan fingerprint density at radius 1 is 1.42 bits per heavy atom. The second kappa shape index (κ2) is 4.90. The maximum Gasteiger partial charge on any atom is 0.0880 e. The molecule has 1 unspecified atom stereocenters. The van der Waals surface area contributed by atoms with E-state index in [1.807, 2.05) is 30.5 Å². The molecule has 1 aromatic rings. The Hall–Kier alpha value is 0.01000. The molecule has 0 radical (unpaired) electrons. The summed E-state index contributed by atoms with van der Waals surface area (Å²) in [6.45, 7) is 0. The Labute approximate surface area is 85.3 Å². The number of aliphatic hydroxyl groups excluding tert-OH is 1. The molecule has 1 aromatic carbocycles. The van der Waals surface area contributed by atoms with Gasteiger partial charge in [-0.25, -0.2) is 0 Å². The molecule has 0 amide bonds. The average Bonchev–Trinajstić information content (AvgIpc) is 2.06. The van der Waals surface area contributed by atoms with E-state index in [0.29, 0.717) is 0 Å². The first-order valence-corrected chi connectivity index (χ1v) is 5.85. The number of halogens is 1. The molecule has 0 aliphatic heterocycles. The van der Waals surface area contributed by atoms with Gasteiger partial charge in [-0.05, 0) is 24.0 Å². The van der Waals surface area contributed by atoms with E-state index < -0.39 is 0 Å². The third-order valence-corrected chi connectivity index (χ3v) is 2.76. The second-order valence-electron chi connectivity index (χ2n) is 2.52. The summed E-state index contributed by atoms with van der Waals surface area (Å²) in [7, 11) is 0. The molecule has 0 bridgehead atoms. The monoisotopic (exact) mass is 246 g/mol. The number of hydrogen-bond donors (Lipinski definition) is 1. The SMILES string of the molecule is CSCC(O)c1ccc(Br)cc1. The van der Waals surface area contributed by atoms with Gasteiger partial charge in [0.15, 0.2) is 0 Å². The van der Waals surface area contributed by atoms with Gasteiger partial charge in [0.2, 0.25) is 0 Å². The van der Waals surface area contributed by atoms with E-state index in [4.69, 9.17) is 0 Å². The Morgan fingerprint density at radius 3 is 2.50 bits per heavy atom. The molecule has 1 nitrogen and oxygen atoms in total. The number of aliphatic hydroxyl groups is 1. The molecule has 0 saturated heterocycles. The van der Waals surface area contributed by atoms with Crippen LogP contribution in [0.15, 0.2) is 28.7 Å². The van der Waals surface area contributed by atoms with Crippen LogP contribution in [0.25, 0.3) is 0 Å². The number of thioether (sulfide) groups is 1. The lowest BCUT2D eigenvalue weighted by Gasteiger charge is -2.08. The van der Waals surface area contributed by atoms with Crippen molar-refractivity contribution in [3.8, 4) is 0 Å². The lowest BCUT2D eigenvalue weighted by atomic mass is 10.1. The van der Waals surface area contributed by atoms with Gasteiger partial charge in [0.05, 0.1) is 6.10 Å². The molecule has 1 N–H and O–H groups in total. The zero-order valence-electron chi connectivity index (χ0n) is 6.83. The molecule has 0 aliphatic rings. The van der Waals surface area contributed by atoms with Crippen molar-refractivity contribution >= 4 is 27.7 Å². The summed E-state index contributed by atoms with van der Waals surface area (Å²) >= 11 is 4.99. The van der Waals surface area contributed by atoms with E-state index in [-0.39, 0.29) is 6.10 Å². The van der Waals surface area contributed by atoms with Gasteiger partial charge in [-0.2, -0.15) is 11.8 Å². The standard InChI is InChI=1S/C9H11BrOS/c1-12-6-9(11)7-2-4-8(10)5-3-7/h2-5,9,11H,6H2,1H3. The normalized spacial score (nSPS) is 12.9. The quantitative estimate of drug-likeness (QED) is 0.886. The topological polar surface area (TPSA) is 20.2 Å². The maximum absolute atomic E-state index is 9.58. The molecule has 1 atom stereocenters. The van der Waals surface area contributed by atoms with Crippen molar-refractivity contribution in [2.75, 3.05) is 12.0 Å². The average molecular weight is 247 g/mol.